The summed E-state index contributed by atoms with van der Waals surface area (Å²) in [5, 5.41) is 9.60. The molecule has 0 aliphatic carbocycles. The zero-order valence-electron chi connectivity index (χ0n) is 10.9. The molecule has 7 heteroatoms. The molecule has 0 radical (unpaired) electrons. The highest BCUT2D eigenvalue weighted by atomic mass is 19.1. The van der Waals surface area contributed by atoms with Crippen LogP contribution in [-0.2, 0) is 13.1 Å². The summed E-state index contributed by atoms with van der Waals surface area (Å²) in [6.07, 6.45) is 1.47. The van der Waals surface area contributed by atoms with Crippen molar-refractivity contribution in [2.24, 2.45) is 4.99 Å². The molecule has 0 atom stereocenters. The van der Waals surface area contributed by atoms with Gasteiger partial charge in [-0.05, 0) is 18.2 Å². The quantitative estimate of drug-likeness (QED) is 0.662. The maximum Gasteiger partial charge on any atom is 0.191 e. The van der Waals surface area contributed by atoms with Gasteiger partial charge in [-0.1, -0.05) is 5.16 Å². The lowest BCUT2D eigenvalue weighted by atomic mass is 10.2. The SMILES string of the molecule is CN=C(NCc1ccon1)NCc1cc(F)ccc1F. The molecule has 0 bridgehead atoms. The molecule has 0 saturated carbocycles. The van der Waals surface area contributed by atoms with Gasteiger partial charge < -0.3 is 15.2 Å². The number of hydrogen-bond donors (Lipinski definition) is 2. The Balaban J connectivity index is 1.89. The molecule has 1 heterocycles. The van der Waals surface area contributed by atoms with Gasteiger partial charge in [0.05, 0.1) is 6.54 Å². The van der Waals surface area contributed by atoms with Gasteiger partial charge in [0.2, 0.25) is 0 Å². The van der Waals surface area contributed by atoms with E-state index in [1.807, 2.05) is 0 Å². The number of nitrogens with one attached hydrogen (secondary N) is 2. The third-order valence-electron chi connectivity index (χ3n) is 2.61. The van der Waals surface area contributed by atoms with Crippen molar-refractivity contribution in [3.63, 3.8) is 0 Å². The fourth-order valence-electron chi connectivity index (χ4n) is 1.58. The maximum absolute atomic E-state index is 13.4. The van der Waals surface area contributed by atoms with Gasteiger partial charge in [0, 0.05) is 25.2 Å². The number of nitrogens with zero attached hydrogens (tertiary/aromatic N) is 2. The van der Waals surface area contributed by atoms with E-state index in [0.717, 1.165) is 18.2 Å². The summed E-state index contributed by atoms with van der Waals surface area (Å²) in [7, 11) is 1.58. The molecule has 0 amide bonds. The van der Waals surface area contributed by atoms with Gasteiger partial charge in [-0.3, -0.25) is 4.99 Å². The second kappa shape index (κ2) is 6.65. The van der Waals surface area contributed by atoms with E-state index in [4.69, 9.17) is 4.52 Å². The van der Waals surface area contributed by atoms with Crippen molar-refractivity contribution in [1.82, 2.24) is 15.8 Å². The summed E-state index contributed by atoms with van der Waals surface area (Å²) in [5.41, 5.74) is 0.944. The lowest BCUT2D eigenvalue weighted by Gasteiger charge is -2.11. The molecule has 0 unspecified atom stereocenters. The predicted molar refractivity (Wildman–Crippen MR) is 69.9 cm³/mol. The normalized spacial score (nSPS) is 11.4. The van der Waals surface area contributed by atoms with Crippen LogP contribution >= 0.6 is 0 Å². The highest BCUT2D eigenvalue weighted by molar-refractivity contribution is 5.79. The van der Waals surface area contributed by atoms with Gasteiger partial charge in [0.25, 0.3) is 0 Å². The van der Waals surface area contributed by atoms with E-state index >= 15 is 0 Å². The summed E-state index contributed by atoms with van der Waals surface area (Å²) in [6, 6.07) is 5.04. The van der Waals surface area contributed by atoms with Crippen molar-refractivity contribution < 1.29 is 13.3 Å². The van der Waals surface area contributed by atoms with Crippen LogP contribution in [-0.4, -0.2) is 18.2 Å². The van der Waals surface area contributed by atoms with E-state index in [-0.39, 0.29) is 12.1 Å². The van der Waals surface area contributed by atoms with E-state index in [0.29, 0.717) is 18.2 Å². The van der Waals surface area contributed by atoms with Crippen molar-refractivity contribution in [2.75, 3.05) is 7.05 Å². The predicted octanol–water partition coefficient (Wildman–Crippen LogP) is 1.82. The Morgan fingerprint density at radius 3 is 2.75 bits per heavy atom. The number of halogens is 2. The van der Waals surface area contributed by atoms with Crippen LogP contribution in [0.1, 0.15) is 11.3 Å². The molecule has 0 saturated heterocycles. The smallest absolute Gasteiger partial charge is 0.191 e. The topological polar surface area (TPSA) is 62.5 Å². The van der Waals surface area contributed by atoms with E-state index in [1.54, 1.807) is 13.1 Å². The van der Waals surface area contributed by atoms with Crippen molar-refractivity contribution in [3.05, 3.63) is 53.4 Å². The monoisotopic (exact) mass is 280 g/mol. The third kappa shape index (κ3) is 3.78. The molecule has 0 aliphatic heterocycles. The third-order valence-corrected chi connectivity index (χ3v) is 2.61. The first-order valence-corrected chi connectivity index (χ1v) is 5.96. The molecule has 106 valence electrons. The molecule has 0 spiro atoms. The van der Waals surface area contributed by atoms with Gasteiger partial charge in [0.1, 0.15) is 23.6 Å². The Morgan fingerprint density at radius 1 is 1.25 bits per heavy atom. The van der Waals surface area contributed by atoms with Crippen LogP contribution in [0.5, 0.6) is 0 Å². The lowest BCUT2D eigenvalue weighted by Crippen LogP contribution is -2.36. The van der Waals surface area contributed by atoms with E-state index in [2.05, 4.69) is 20.8 Å². The highest BCUT2D eigenvalue weighted by Crippen LogP contribution is 2.09. The minimum absolute atomic E-state index is 0.127. The second-order valence-corrected chi connectivity index (χ2v) is 4.01. The number of rotatable bonds is 4. The van der Waals surface area contributed by atoms with E-state index in [1.165, 1.54) is 6.26 Å². The summed E-state index contributed by atoms with van der Waals surface area (Å²) in [4.78, 5) is 3.97. The van der Waals surface area contributed by atoms with Gasteiger partial charge in [0.15, 0.2) is 5.96 Å². The molecule has 2 rings (SSSR count). The zero-order valence-corrected chi connectivity index (χ0v) is 10.9. The molecule has 2 aromatic rings. The molecule has 1 aromatic carbocycles. The molecular formula is C13H14F2N4O. The van der Waals surface area contributed by atoms with E-state index < -0.39 is 11.6 Å². The zero-order chi connectivity index (χ0) is 14.4. The number of guanidine groups is 1. The van der Waals surface area contributed by atoms with Crippen molar-refractivity contribution in [1.29, 1.82) is 0 Å². The molecular weight excluding hydrogens is 266 g/mol. The first-order chi connectivity index (χ1) is 9.69. The number of aliphatic imine (C=N–C) groups is 1. The fourth-order valence-corrected chi connectivity index (χ4v) is 1.58. The Hall–Kier alpha value is -2.44. The minimum atomic E-state index is -0.478. The number of benzene rings is 1. The van der Waals surface area contributed by atoms with E-state index in [9.17, 15) is 8.78 Å². The first-order valence-electron chi connectivity index (χ1n) is 5.96. The summed E-state index contributed by atoms with van der Waals surface area (Å²) >= 11 is 0. The Morgan fingerprint density at radius 2 is 2.05 bits per heavy atom. The van der Waals surface area contributed by atoms with Crippen LogP contribution in [0.4, 0.5) is 8.78 Å². The van der Waals surface area contributed by atoms with Crippen molar-refractivity contribution >= 4 is 5.96 Å². The summed E-state index contributed by atoms with van der Waals surface area (Å²) < 4.78 is 31.2. The van der Waals surface area contributed by atoms with Crippen molar-refractivity contribution in [3.8, 4) is 0 Å². The number of aromatic nitrogens is 1. The Labute approximate surface area is 114 Å². The van der Waals surface area contributed by atoms with Crippen LogP contribution in [0, 0.1) is 11.6 Å². The van der Waals surface area contributed by atoms with Crippen molar-refractivity contribution in [2.45, 2.75) is 13.1 Å². The summed E-state index contributed by atoms with van der Waals surface area (Å²) in [5.74, 6) is -0.490. The number of hydrogen-bond acceptors (Lipinski definition) is 3. The van der Waals surface area contributed by atoms with Crippen LogP contribution < -0.4 is 10.6 Å². The highest BCUT2D eigenvalue weighted by Gasteiger charge is 2.05. The molecule has 5 nitrogen and oxygen atoms in total. The second-order valence-electron chi connectivity index (χ2n) is 4.01. The minimum Gasteiger partial charge on any atom is -0.364 e. The largest absolute Gasteiger partial charge is 0.364 e. The average molecular weight is 280 g/mol. The van der Waals surface area contributed by atoms with Crippen LogP contribution in [0.25, 0.3) is 0 Å². The average Bonchev–Trinajstić information content (AvgIpc) is 2.96. The first kappa shape index (κ1) is 14.0. The fraction of sp³-hybridized carbons (Fsp3) is 0.231. The van der Waals surface area contributed by atoms with Gasteiger partial charge in [-0.15, -0.1) is 0 Å². The van der Waals surface area contributed by atoms with Gasteiger partial charge >= 0.3 is 0 Å². The molecule has 0 aliphatic rings. The molecule has 0 fully saturated rings. The van der Waals surface area contributed by atoms with Gasteiger partial charge in [-0.2, -0.15) is 0 Å². The van der Waals surface area contributed by atoms with Gasteiger partial charge in [-0.25, -0.2) is 8.78 Å². The standard InChI is InChI=1S/C13H14F2N4O/c1-16-13(18-8-11-4-5-20-19-11)17-7-9-6-10(14)2-3-12(9)15/h2-6H,7-8H2,1H3,(H2,16,17,18). The lowest BCUT2D eigenvalue weighted by molar-refractivity contribution is 0.410. The molecule has 1 aromatic heterocycles. The molecule has 20 heavy (non-hydrogen) atoms. The summed E-state index contributed by atoms with van der Waals surface area (Å²) in [6.45, 7) is 0.546. The Bertz CT molecular complexity index is 584. The van der Waals surface area contributed by atoms with Crippen LogP contribution in [0.15, 0.2) is 40.0 Å². The van der Waals surface area contributed by atoms with Crippen LogP contribution in [0.3, 0.4) is 0 Å². The Kier molecular flexibility index (Phi) is 4.65. The molecule has 2 N–H and O–H groups in total. The van der Waals surface area contributed by atoms with Crippen LogP contribution in [0.2, 0.25) is 0 Å². The maximum atomic E-state index is 13.4.